The minimum atomic E-state index is -0.287. The number of halogens is 1. The minimum absolute atomic E-state index is 0.0163. The van der Waals surface area contributed by atoms with E-state index >= 15 is 0 Å². The largest absolute Gasteiger partial charge is 0.450 e. The molecule has 0 saturated carbocycles. The first-order chi connectivity index (χ1) is 17.5. The lowest BCUT2D eigenvalue weighted by Gasteiger charge is -2.31. The molecule has 186 valence electrons. The second-order valence-corrected chi connectivity index (χ2v) is 10.7. The lowest BCUT2D eigenvalue weighted by Crippen LogP contribution is -2.46. The van der Waals surface area contributed by atoms with Crippen LogP contribution >= 0.6 is 23.4 Å². The van der Waals surface area contributed by atoms with Gasteiger partial charge in [-0.25, -0.2) is 4.79 Å². The highest BCUT2D eigenvalue weighted by Gasteiger charge is 2.30. The Labute approximate surface area is 220 Å². The van der Waals surface area contributed by atoms with Crippen LogP contribution in [-0.4, -0.2) is 53.6 Å². The van der Waals surface area contributed by atoms with Crippen LogP contribution in [0.3, 0.4) is 0 Å². The summed E-state index contributed by atoms with van der Waals surface area (Å²) in [6.45, 7) is 3.31. The molecule has 1 fully saturated rings. The summed E-state index contributed by atoms with van der Waals surface area (Å²) in [7, 11) is 0. The fourth-order valence-corrected chi connectivity index (χ4v) is 6.04. The number of hydrogen-bond acceptors (Lipinski definition) is 5. The second kappa shape index (κ2) is 10.9. The Morgan fingerprint density at radius 2 is 1.86 bits per heavy atom. The third-order valence-corrected chi connectivity index (χ3v) is 8.19. The Bertz CT molecular complexity index is 1230. The molecule has 2 aliphatic heterocycles. The highest BCUT2D eigenvalue weighted by atomic mass is 35.5. The number of amides is 2. The smallest absolute Gasteiger partial charge is 0.409 e. The van der Waals surface area contributed by atoms with E-state index in [9.17, 15) is 9.59 Å². The van der Waals surface area contributed by atoms with Crippen molar-refractivity contribution in [2.24, 2.45) is 10.9 Å². The number of ether oxygens (including phenoxy) is 1. The number of fused-ring (bicyclic) bond motifs is 2. The van der Waals surface area contributed by atoms with Gasteiger partial charge in [0, 0.05) is 45.8 Å². The van der Waals surface area contributed by atoms with Crippen LogP contribution in [0.1, 0.15) is 35.7 Å². The molecule has 3 aliphatic rings. The van der Waals surface area contributed by atoms with Gasteiger partial charge in [-0.2, -0.15) is 0 Å². The first-order valence-corrected chi connectivity index (χ1v) is 13.5. The first kappa shape index (κ1) is 24.7. The zero-order valence-electron chi connectivity index (χ0n) is 20.0. The molecule has 2 amide bonds. The van der Waals surface area contributed by atoms with Gasteiger partial charge in [0.05, 0.1) is 18.0 Å². The van der Waals surface area contributed by atoms with Crippen molar-refractivity contribution in [3.8, 4) is 0 Å². The Kier molecular flexibility index (Phi) is 7.48. The second-order valence-electron chi connectivity index (χ2n) is 9.00. The van der Waals surface area contributed by atoms with Crippen molar-refractivity contribution >= 4 is 46.8 Å². The van der Waals surface area contributed by atoms with Crippen LogP contribution in [0.4, 0.5) is 10.5 Å². The third-order valence-electron chi connectivity index (χ3n) is 6.62. The normalized spacial score (nSPS) is 21.2. The van der Waals surface area contributed by atoms with Gasteiger partial charge in [-0.3, -0.25) is 9.79 Å². The minimum Gasteiger partial charge on any atom is -0.450 e. The van der Waals surface area contributed by atoms with Gasteiger partial charge in [0.25, 0.3) is 5.91 Å². The van der Waals surface area contributed by atoms with Crippen molar-refractivity contribution in [2.75, 3.05) is 19.7 Å². The summed E-state index contributed by atoms with van der Waals surface area (Å²) in [5.41, 5.74) is 3.36. The van der Waals surface area contributed by atoms with E-state index in [1.165, 1.54) is 0 Å². The van der Waals surface area contributed by atoms with Crippen molar-refractivity contribution in [1.29, 1.82) is 0 Å². The summed E-state index contributed by atoms with van der Waals surface area (Å²) in [6.07, 6.45) is 9.65. The van der Waals surface area contributed by atoms with Crippen molar-refractivity contribution in [3.63, 3.8) is 0 Å². The summed E-state index contributed by atoms with van der Waals surface area (Å²) >= 11 is 7.90. The Morgan fingerprint density at radius 1 is 1.11 bits per heavy atom. The molecular formula is C28H28ClN3O3S. The molecule has 0 aromatic heterocycles. The van der Waals surface area contributed by atoms with E-state index in [-0.39, 0.29) is 29.2 Å². The Balaban J connectivity index is 1.36. The van der Waals surface area contributed by atoms with Gasteiger partial charge < -0.3 is 15.0 Å². The number of piperidine rings is 1. The van der Waals surface area contributed by atoms with E-state index < -0.39 is 0 Å². The molecule has 2 heterocycles. The van der Waals surface area contributed by atoms with Gasteiger partial charge in [0.2, 0.25) is 0 Å². The van der Waals surface area contributed by atoms with Crippen LogP contribution < -0.4 is 5.32 Å². The molecule has 0 radical (unpaired) electrons. The lowest BCUT2D eigenvalue weighted by atomic mass is 9.90. The number of benzene rings is 2. The summed E-state index contributed by atoms with van der Waals surface area (Å²) < 4.78 is 5.08. The number of allylic oxidation sites excluding steroid dienone is 3. The van der Waals surface area contributed by atoms with Crippen molar-refractivity contribution < 1.29 is 14.3 Å². The van der Waals surface area contributed by atoms with Crippen LogP contribution in [0, 0.1) is 5.92 Å². The molecule has 2 aromatic rings. The number of hydrogen-bond donors (Lipinski definition) is 1. The molecule has 5 rings (SSSR count). The van der Waals surface area contributed by atoms with Gasteiger partial charge in [0.1, 0.15) is 0 Å². The van der Waals surface area contributed by atoms with Gasteiger partial charge in [-0.05, 0) is 55.7 Å². The molecule has 36 heavy (non-hydrogen) atoms. The number of rotatable bonds is 4. The molecule has 0 spiro atoms. The quantitative estimate of drug-likeness (QED) is 0.533. The average Bonchev–Trinajstić information content (AvgIpc) is 3.06. The maximum atomic E-state index is 13.1. The van der Waals surface area contributed by atoms with Crippen LogP contribution in [0.5, 0.6) is 0 Å². The average molecular weight is 522 g/mol. The molecule has 1 N–H and O–H groups in total. The zero-order valence-corrected chi connectivity index (χ0v) is 21.6. The Morgan fingerprint density at radius 3 is 2.61 bits per heavy atom. The van der Waals surface area contributed by atoms with Gasteiger partial charge in [-0.1, -0.05) is 48.0 Å². The molecule has 8 heteroatoms. The molecule has 1 saturated heterocycles. The van der Waals surface area contributed by atoms with E-state index in [2.05, 4.69) is 29.6 Å². The van der Waals surface area contributed by atoms with Crippen LogP contribution in [0.15, 0.2) is 76.7 Å². The predicted molar refractivity (Wildman–Crippen MR) is 145 cm³/mol. The molecule has 0 bridgehead atoms. The zero-order chi connectivity index (χ0) is 25.1. The number of carbonyl (C=O) groups excluding carboxylic acids is 2. The number of nitrogens with zero attached hydrogens (tertiary/aromatic N) is 2. The first-order valence-electron chi connectivity index (χ1n) is 12.2. The van der Waals surface area contributed by atoms with E-state index in [0.717, 1.165) is 21.9 Å². The third kappa shape index (κ3) is 5.37. The molecule has 1 aliphatic carbocycles. The number of likely N-dealkylation sites (tertiary alicyclic amines) is 1. The van der Waals surface area contributed by atoms with Gasteiger partial charge in [0.15, 0.2) is 0 Å². The molecule has 2 unspecified atom stereocenters. The SMILES string of the molecule is CCOC(=O)N1CCC(NC(=O)c2ccc3c(c2)N=C(c2ccc(Cl)cc2)C2C=CC=CC2S3)CC1. The van der Waals surface area contributed by atoms with Gasteiger partial charge in [-0.15, -0.1) is 11.8 Å². The molecule has 6 nitrogen and oxygen atoms in total. The monoisotopic (exact) mass is 521 g/mol. The van der Waals surface area contributed by atoms with Crippen LogP contribution in [-0.2, 0) is 4.74 Å². The Hall–Kier alpha value is -3.03. The van der Waals surface area contributed by atoms with Crippen LogP contribution in [0.2, 0.25) is 5.02 Å². The van der Waals surface area contributed by atoms with E-state index in [0.29, 0.717) is 43.1 Å². The number of aliphatic imine (C=N–C) groups is 1. The summed E-state index contributed by atoms with van der Waals surface area (Å²) in [6, 6.07) is 13.5. The number of nitrogens with one attached hydrogen (secondary N) is 1. The highest BCUT2D eigenvalue weighted by molar-refractivity contribution is 8.00. The maximum Gasteiger partial charge on any atom is 0.409 e. The highest BCUT2D eigenvalue weighted by Crippen LogP contribution is 2.43. The number of carbonyl (C=O) groups is 2. The summed E-state index contributed by atoms with van der Waals surface area (Å²) in [5.74, 6) is -0.00230. The van der Waals surface area contributed by atoms with Crippen LogP contribution in [0.25, 0.3) is 0 Å². The van der Waals surface area contributed by atoms with E-state index in [1.54, 1.807) is 23.6 Å². The standard InChI is InChI=1S/C28H28ClN3O3S/c1-2-35-28(34)32-15-13-21(14-16-32)30-27(33)19-9-12-25-23(17-19)31-26(18-7-10-20(29)11-8-18)22-5-3-4-6-24(22)36-25/h3-12,17,21-22,24H,2,13-16H2,1H3,(H,30,33). The van der Waals surface area contributed by atoms with E-state index in [1.807, 2.05) is 42.5 Å². The summed E-state index contributed by atoms with van der Waals surface area (Å²) in [4.78, 5) is 32.9. The fourth-order valence-electron chi connectivity index (χ4n) is 4.71. The summed E-state index contributed by atoms with van der Waals surface area (Å²) in [5, 5.41) is 4.04. The maximum absolute atomic E-state index is 13.1. The van der Waals surface area contributed by atoms with Crippen molar-refractivity contribution in [2.45, 2.75) is 36.0 Å². The lowest BCUT2D eigenvalue weighted by molar-refractivity contribution is 0.0860. The van der Waals surface area contributed by atoms with Gasteiger partial charge >= 0.3 is 6.09 Å². The topological polar surface area (TPSA) is 71.0 Å². The molecular weight excluding hydrogens is 494 g/mol. The van der Waals surface area contributed by atoms with E-state index in [4.69, 9.17) is 21.3 Å². The van der Waals surface area contributed by atoms with Crippen molar-refractivity contribution in [3.05, 3.63) is 82.9 Å². The molecule has 2 aromatic carbocycles. The number of thioether (sulfide) groups is 1. The molecule has 2 atom stereocenters. The van der Waals surface area contributed by atoms with Crippen molar-refractivity contribution in [1.82, 2.24) is 10.2 Å². The fraction of sp³-hybridized carbons (Fsp3) is 0.321. The predicted octanol–water partition coefficient (Wildman–Crippen LogP) is 6.03.